The predicted molar refractivity (Wildman–Crippen MR) is 228 cm³/mol. The van der Waals surface area contributed by atoms with Crippen molar-refractivity contribution in [1.29, 1.82) is 0 Å². The van der Waals surface area contributed by atoms with E-state index in [1.807, 2.05) is 0 Å². The Morgan fingerprint density at radius 1 is 0.385 bits per heavy atom. The molecule has 0 saturated heterocycles. The van der Waals surface area contributed by atoms with Crippen LogP contribution in [0.4, 0.5) is 11.4 Å². The van der Waals surface area contributed by atoms with Gasteiger partial charge in [-0.05, 0) is 101 Å². The lowest BCUT2D eigenvalue weighted by atomic mass is 9.70. The average molecular weight is 696 g/mol. The first kappa shape index (κ1) is 38.4. The molecule has 0 aromatic heterocycles. The van der Waals surface area contributed by atoms with Crippen molar-refractivity contribution in [1.82, 2.24) is 0 Å². The second-order valence-electron chi connectivity index (χ2n) is 16.6. The van der Waals surface area contributed by atoms with E-state index in [4.69, 9.17) is 0 Å². The van der Waals surface area contributed by atoms with E-state index in [-0.39, 0.29) is 10.8 Å². The summed E-state index contributed by atoms with van der Waals surface area (Å²) in [6, 6.07) is 31.4. The summed E-state index contributed by atoms with van der Waals surface area (Å²) in [5.41, 5.74) is 16.3. The molecule has 0 amide bonds. The lowest BCUT2D eigenvalue weighted by molar-refractivity contribution is 0.401. The average Bonchev–Trinajstić information content (AvgIpc) is 3.58. The number of anilines is 2. The lowest BCUT2D eigenvalue weighted by Gasteiger charge is -2.34. The molecule has 4 aromatic rings. The second-order valence-corrected chi connectivity index (χ2v) is 16.6. The summed E-state index contributed by atoms with van der Waals surface area (Å²) in [7, 11) is 0. The highest BCUT2D eigenvalue weighted by atomic mass is 14.9. The van der Waals surface area contributed by atoms with E-state index in [0.717, 1.165) is 0 Å². The predicted octanol–water partition coefficient (Wildman–Crippen LogP) is 16.2. The molecule has 278 valence electrons. The molecular formula is C51H69N. The summed E-state index contributed by atoms with van der Waals surface area (Å²) in [5, 5.41) is 4.01. The zero-order valence-electron chi connectivity index (χ0n) is 33.6. The first-order valence-corrected chi connectivity index (χ1v) is 21.8. The van der Waals surface area contributed by atoms with Gasteiger partial charge in [-0.2, -0.15) is 0 Å². The molecule has 4 aromatic carbocycles. The maximum atomic E-state index is 4.01. The van der Waals surface area contributed by atoms with Crippen LogP contribution in [0.15, 0.2) is 78.9 Å². The van der Waals surface area contributed by atoms with Crippen molar-refractivity contribution in [2.24, 2.45) is 0 Å². The van der Waals surface area contributed by atoms with Gasteiger partial charge in [0.25, 0.3) is 0 Å². The molecule has 2 aliphatic carbocycles. The van der Waals surface area contributed by atoms with Crippen LogP contribution in [0.2, 0.25) is 0 Å². The summed E-state index contributed by atoms with van der Waals surface area (Å²) in [6.07, 6.45) is 26.0. The molecule has 0 fully saturated rings. The van der Waals surface area contributed by atoms with Crippen LogP contribution >= 0.6 is 0 Å². The number of nitrogens with one attached hydrogen (secondary N) is 1. The third-order valence-corrected chi connectivity index (χ3v) is 12.9. The van der Waals surface area contributed by atoms with Crippen LogP contribution in [-0.4, -0.2) is 0 Å². The zero-order valence-corrected chi connectivity index (χ0v) is 33.6. The number of fused-ring (bicyclic) bond motifs is 6. The molecule has 0 aliphatic heterocycles. The topological polar surface area (TPSA) is 12.0 Å². The lowest BCUT2D eigenvalue weighted by Crippen LogP contribution is -2.26. The Morgan fingerprint density at radius 3 is 1.23 bits per heavy atom. The molecule has 1 N–H and O–H groups in total. The van der Waals surface area contributed by atoms with Crippen molar-refractivity contribution < 1.29 is 0 Å². The first-order valence-electron chi connectivity index (χ1n) is 21.8. The minimum absolute atomic E-state index is 0.0988. The van der Waals surface area contributed by atoms with E-state index in [1.165, 1.54) is 168 Å². The molecule has 1 heteroatoms. The maximum absolute atomic E-state index is 4.01. The molecule has 0 unspecified atom stereocenters. The minimum Gasteiger partial charge on any atom is -0.356 e. The largest absolute Gasteiger partial charge is 0.356 e. The van der Waals surface area contributed by atoms with Crippen LogP contribution in [-0.2, 0) is 10.8 Å². The van der Waals surface area contributed by atoms with Crippen molar-refractivity contribution in [2.45, 2.75) is 174 Å². The molecule has 0 spiro atoms. The molecule has 1 nitrogen and oxygen atoms in total. The van der Waals surface area contributed by atoms with Gasteiger partial charge in [-0.25, -0.2) is 0 Å². The quantitative estimate of drug-likeness (QED) is 0.0807. The van der Waals surface area contributed by atoms with Crippen LogP contribution in [0.3, 0.4) is 0 Å². The smallest absolute Gasteiger partial charge is 0.0387 e. The molecular weight excluding hydrogens is 627 g/mol. The SMILES string of the molecule is CCCCCCC1(CCCCCC)c2ccccc2-c2ccc(Nc3ccc4c(c3)C(CCCCCC)(CCCCCC)c3cc(C)ccc3-4)cc21. The molecule has 0 saturated carbocycles. The van der Waals surface area contributed by atoms with Crippen LogP contribution in [0.1, 0.15) is 184 Å². The van der Waals surface area contributed by atoms with Crippen LogP contribution in [0, 0.1) is 6.92 Å². The second kappa shape index (κ2) is 18.1. The first-order chi connectivity index (χ1) is 25.5. The van der Waals surface area contributed by atoms with Gasteiger partial charge < -0.3 is 5.32 Å². The van der Waals surface area contributed by atoms with Gasteiger partial charge in [0.05, 0.1) is 0 Å². The molecule has 6 rings (SSSR count). The van der Waals surface area contributed by atoms with E-state index in [2.05, 4.69) is 119 Å². The van der Waals surface area contributed by atoms with Gasteiger partial charge in [0.15, 0.2) is 0 Å². The summed E-state index contributed by atoms with van der Waals surface area (Å²) >= 11 is 0. The Balaban J connectivity index is 1.37. The van der Waals surface area contributed by atoms with Gasteiger partial charge in [-0.15, -0.1) is 0 Å². The monoisotopic (exact) mass is 696 g/mol. The van der Waals surface area contributed by atoms with Crippen molar-refractivity contribution >= 4 is 11.4 Å². The highest BCUT2D eigenvalue weighted by Gasteiger charge is 2.44. The van der Waals surface area contributed by atoms with Crippen LogP contribution in [0.25, 0.3) is 22.3 Å². The van der Waals surface area contributed by atoms with Gasteiger partial charge in [0.1, 0.15) is 0 Å². The van der Waals surface area contributed by atoms with Crippen molar-refractivity contribution in [2.75, 3.05) is 5.32 Å². The molecule has 2 aliphatic rings. The summed E-state index contributed by atoms with van der Waals surface area (Å²) in [5.74, 6) is 0. The fourth-order valence-electron chi connectivity index (χ4n) is 10.1. The summed E-state index contributed by atoms with van der Waals surface area (Å²) in [6.45, 7) is 11.6. The van der Waals surface area contributed by atoms with E-state index >= 15 is 0 Å². The number of benzene rings is 4. The van der Waals surface area contributed by atoms with Gasteiger partial charge in [-0.1, -0.05) is 191 Å². The number of hydrogen-bond acceptors (Lipinski definition) is 1. The van der Waals surface area contributed by atoms with Crippen LogP contribution in [0.5, 0.6) is 0 Å². The Labute approximate surface area is 318 Å². The van der Waals surface area contributed by atoms with Crippen LogP contribution < -0.4 is 5.32 Å². The molecule has 0 atom stereocenters. The molecule has 52 heavy (non-hydrogen) atoms. The molecule has 0 bridgehead atoms. The van der Waals surface area contributed by atoms with Gasteiger partial charge in [0, 0.05) is 22.2 Å². The Morgan fingerprint density at radius 2 is 0.769 bits per heavy atom. The van der Waals surface area contributed by atoms with Crippen molar-refractivity contribution in [3.05, 3.63) is 107 Å². The van der Waals surface area contributed by atoms with Crippen molar-refractivity contribution in [3.63, 3.8) is 0 Å². The van der Waals surface area contributed by atoms with E-state index in [0.29, 0.717) is 0 Å². The normalized spacial score (nSPS) is 14.6. The zero-order chi connectivity index (χ0) is 36.4. The van der Waals surface area contributed by atoms with E-state index < -0.39 is 0 Å². The summed E-state index contributed by atoms with van der Waals surface area (Å²) < 4.78 is 0. The number of rotatable bonds is 22. The standard InChI is InChI=1S/C51H69N/c1-6-10-14-20-32-50(33-21-15-11-7-2)46-25-19-18-24-42(46)44-30-27-40(37-48(44)50)52-41-28-31-45-43-29-26-39(5)36-47(43)51(49(45)38-41,34-22-16-12-8-3)35-23-17-13-9-4/h18-19,24-31,36-38,52H,6-17,20-23,32-35H2,1-5H3. The van der Waals surface area contributed by atoms with Gasteiger partial charge >= 0.3 is 0 Å². The third-order valence-electron chi connectivity index (χ3n) is 12.9. The summed E-state index contributed by atoms with van der Waals surface area (Å²) in [4.78, 5) is 0. The number of hydrogen-bond donors (Lipinski definition) is 1. The third kappa shape index (κ3) is 7.95. The highest BCUT2D eigenvalue weighted by molar-refractivity contribution is 5.85. The Kier molecular flexibility index (Phi) is 13.4. The molecule has 0 radical (unpaired) electrons. The number of unbranched alkanes of at least 4 members (excludes halogenated alkanes) is 12. The minimum atomic E-state index is 0.0988. The van der Waals surface area contributed by atoms with E-state index in [9.17, 15) is 0 Å². The maximum Gasteiger partial charge on any atom is 0.0387 e. The Hall–Kier alpha value is -3.32. The molecule has 0 heterocycles. The number of aryl methyl sites for hydroxylation is 1. The fraction of sp³-hybridized carbons (Fsp3) is 0.529. The highest BCUT2D eigenvalue weighted by Crippen LogP contribution is 2.57. The van der Waals surface area contributed by atoms with Gasteiger partial charge in [-0.3, -0.25) is 0 Å². The Bertz CT molecular complexity index is 1720. The van der Waals surface area contributed by atoms with Crippen molar-refractivity contribution in [3.8, 4) is 22.3 Å². The van der Waals surface area contributed by atoms with E-state index in [1.54, 1.807) is 22.3 Å². The fourth-order valence-corrected chi connectivity index (χ4v) is 10.1. The van der Waals surface area contributed by atoms with Gasteiger partial charge in [0.2, 0.25) is 0 Å².